The van der Waals surface area contributed by atoms with E-state index < -0.39 is 0 Å². The van der Waals surface area contributed by atoms with E-state index in [2.05, 4.69) is 48.2 Å². The van der Waals surface area contributed by atoms with E-state index in [0.29, 0.717) is 19.6 Å². The van der Waals surface area contributed by atoms with Crippen LogP contribution in [0.1, 0.15) is 41.3 Å². The zero-order valence-electron chi connectivity index (χ0n) is 17.8. The zero-order chi connectivity index (χ0) is 21.3. The van der Waals surface area contributed by atoms with Crippen LogP contribution < -0.4 is 5.32 Å². The fourth-order valence-corrected chi connectivity index (χ4v) is 4.34. The molecule has 4 rings (SSSR count). The van der Waals surface area contributed by atoms with Crippen LogP contribution in [-0.4, -0.2) is 33.2 Å². The van der Waals surface area contributed by atoms with Gasteiger partial charge in [0.25, 0.3) is 0 Å². The van der Waals surface area contributed by atoms with Crippen molar-refractivity contribution in [3.05, 3.63) is 64.6 Å². The summed E-state index contributed by atoms with van der Waals surface area (Å²) in [6, 6.07) is 8.11. The van der Waals surface area contributed by atoms with E-state index >= 15 is 0 Å². The molecule has 2 amide bonds. The molecular weight excluding hydrogens is 376 g/mol. The van der Waals surface area contributed by atoms with Gasteiger partial charge in [0.15, 0.2) is 0 Å². The largest absolute Gasteiger partial charge is 0.358 e. The van der Waals surface area contributed by atoms with E-state index in [1.54, 1.807) is 17.3 Å². The summed E-state index contributed by atoms with van der Waals surface area (Å²) in [5, 5.41) is 4.28. The quantitative estimate of drug-likeness (QED) is 0.661. The summed E-state index contributed by atoms with van der Waals surface area (Å²) in [5.41, 5.74) is 6.83. The van der Waals surface area contributed by atoms with Crippen molar-refractivity contribution in [2.75, 3.05) is 6.54 Å². The highest BCUT2D eigenvalue weighted by Gasteiger charge is 2.34. The van der Waals surface area contributed by atoms with Crippen LogP contribution in [0.4, 0.5) is 0 Å². The van der Waals surface area contributed by atoms with Crippen molar-refractivity contribution in [3.63, 3.8) is 0 Å². The first-order valence-electron chi connectivity index (χ1n) is 10.5. The highest BCUT2D eigenvalue weighted by Crippen LogP contribution is 2.27. The van der Waals surface area contributed by atoms with Crippen LogP contribution in [0.25, 0.3) is 10.9 Å². The normalized spacial score (nSPS) is 16.4. The van der Waals surface area contributed by atoms with Crippen molar-refractivity contribution in [3.8, 4) is 0 Å². The molecule has 0 aliphatic carbocycles. The first-order chi connectivity index (χ1) is 14.5. The molecule has 1 aliphatic rings. The summed E-state index contributed by atoms with van der Waals surface area (Å²) in [6.45, 7) is 7.75. The number of H-pyrrole nitrogens is 1. The van der Waals surface area contributed by atoms with Gasteiger partial charge >= 0.3 is 0 Å². The molecule has 0 radical (unpaired) electrons. The van der Waals surface area contributed by atoms with Crippen molar-refractivity contribution < 1.29 is 9.59 Å². The molecule has 3 aromatic rings. The van der Waals surface area contributed by atoms with E-state index in [4.69, 9.17) is 0 Å². The third kappa shape index (κ3) is 3.95. The third-order valence-corrected chi connectivity index (χ3v) is 5.99. The van der Waals surface area contributed by atoms with Crippen LogP contribution in [0.15, 0.2) is 36.7 Å². The second-order valence-electron chi connectivity index (χ2n) is 8.18. The molecule has 0 unspecified atom stereocenters. The second kappa shape index (κ2) is 8.30. The highest BCUT2D eigenvalue weighted by molar-refractivity contribution is 5.90. The Morgan fingerprint density at radius 2 is 2.17 bits per heavy atom. The van der Waals surface area contributed by atoms with E-state index in [-0.39, 0.29) is 24.2 Å². The Kier molecular flexibility index (Phi) is 5.57. The maximum absolute atomic E-state index is 12.8. The number of benzene rings is 1. The van der Waals surface area contributed by atoms with Crippen molar-refractivity contribution in [2.45, 2.75) is 46.7 Å². The van der Waals surface area contributed by atoms with Gasteiger partial charge in [-0.25, -0.2) is 0 Å². The SMILES string of the molecule is CCc1[nH]c2c(CNC(=O)[C@@H]3CC(=O)N(Cc4cccnc4)C3)cc(C)cc2c1C. The smallest absolute Gasteiger partial charge is 0.225 e. The molecule has 1 fully saturated rings. The Labute approximate surface area is 176 Å². The predicted octanol–water partition coefficient (Wildman–Crippen LogP) is 3.41. The number of carbonyl (C=O) groups is 2. The van der Waals surface area contributed by atoms with Gasteiger partial charge in [-0.15, -0.1) is 0 Å². The average Bonchev–Trinajstić information content (AvgIpc) is 3.26. The topological polar surface area (TPSA) is 78.1 Å². The number of aryl methyl sites for hydroxylation is 3. The van der Waals surface area contributed by atoms with Crippen molar-refractivity contribution >= 4 is 22.7 Å². The lowest BCUT2D eigenvalue weighted by molar-refractivity contribution is -0.129. The monoisotopic (exact) mass is 404 g/mol. The first kappa shape index (κ1) is 20.1. The Balaban J connectivity index is 1.43. The van der Waals surface area contributed by atoms with Gasteiger partial charge in [-0.05, 0) is 49.1 Å². The van der Waals surface area contributed by atoms with Gasteiger partial charge in [0.2, 0.25) is 11.8 Å². The third-order valence-electron chi connectivity index (χ3n) is 5.99. The number of hydrogen-bond acceptors (Lipinski definition) is 3. The number of nitrogens with zero attached hydrogens (tertiary/aromatic N) is 2. The van der Waals surface area contributed by atoms with Gasteiger partial charge in [0, 0.05) is 49.5 Å². The summed E-state index contributed by atoms with van der Waals surface area (Å²) >= 11 is 0. The fraction of sp³-hybridized carbons (Fsp3) is 0.375. The Morgan fingerprint density at radius 3 is 2.90 bits per heavy atom. The molecule has 156 valence electrons. The molecule has 1 saturated heterocycles. The average molecular weight is 405 g/mol. The standard InChI is InChI=1S/C24H28N4O2/c1-4-21-16(3)20-9-15(2)8-18(23(20)27-21)12-26-24(30)19-10-22(29)28(14-19)13-17-6-5-7-25-11-17/h5-9,11,19,27H,4,10,12-14H2,1-3H3,(H,26,30)/t19-/m1/s1. The number of likely N-dealkylation sites (tertiary alicyclic amines) is 1. The van der Waals surface area contributed by atoms with Gasteiger partial charge in [-0.1, -0.05) is 24.6 Å². The molecule has 2 N–H and O–H groups in total. The molecule has 1 aromatic carbocycles. The molecule has 30 heavy (non-hydrogen) atoms. The number of pyridine rings is 1. The van der Waals surface area contributed by atoms with Crippen molar-refractivity contribution in [1.29, 1.82) is 0 Å². The maximum Gasteiger partial charge on any atom is 0.225 e. The van der Waals surface area contributed by atoms with Crippen LogP contribution in [0.5, 0.6) is 0 Å². The first-order valence-corrected chi connectivity index (χ1v) is 10.5. The molecule has 6 heteroatoms. The molecule has 2 aromatic heterocycles. The lowest BCUT2D eigenvalue weighted by Gasteiger charge is -2.16. The number of rotatable bonds is 6. The molecule has 1 aliphatic heterocycles. The minimum absolute atomic E-state index is 0.0181. The molecule has 0 bridgehead atoms. The number of amides is 2. The zero-order valence-corrected chi connectivity index (χ0v) is 17.8. The minimum atomic E-state index is -0.314. The van der Waals surface area contributed by atoms with E-state index in [9.17, 15) is 9.59 Å². The van der Waals surface area contributed by atoms with E-state index in [1.165, 1.54) is 22.2 Å². The number of aromatic nitrogens is 2. The minimum Gasteiger partial charge on any atom is -0.358 e. The summed E-state index contributed by atoms with van der Waals surface area (Å²) in [6.07, 6.45) is 4.68. The summed E-state index contributed by atoms with van der Waals surface area (Å²) in [4.78, 5) is 34.5. The van der Waals surface area contributed by atoms with E-state index in [0.717, 1.165) is 23.1 Å². The van der Waals surface area contributed by atoms with Gasteiger partial charge in [0.1, 0.15) is 0 Å². The molecule has 0 spiro atoms. The van der Waals surface area contributed by atoms with Gasteiger partial charge < -0.3 is 15.2 Å². The van der Waals surface area contributed by atoms with Gasteiger partial charge in [-0.2, -0.15) is 0 Å². The van der Waals surface area contributed by atoms with Gasteiger partial charge in [-0.3, -0.25) is 14.6 Å². The van der Waals surface area contributed by atoms with Crippen LogP contribution in [0, 0.1) is 19.8 Å². The fourth-order valence-electron chi connectivity index (χ4n) is 4.34. The number of nitrogens with one attached hydrogen (secondary N) is 2. The van der Waals surface area contributed by atoms with E-state index in [1.807, 2.05) is 12.1 Å². The molecular formula is C24H28N4O2. The predicted molar refractivity (Wildman–Crippen MR) is 117 cm³/mol. The maximum atomic E-state index is 12.8. The summed E-state index contributed by atoms with van der Waals surface area (Å²) < 4.78 is 0. The summed E-state index contributed by atoms with van der Waals surface area (Å²) in [5.74, 6) is -0.360. The number of fused-ring (bicyclic) bond motifs is 1. The highest BCUT2D eigenvalue weighted by atomic mass is 16.2. The van der Waals surface area contributed by atoms with Crippen LogP contribution in [0.3, 0.4) is 0 Å². The lowest BCUT2D eigenvalue weighted by atomic mass is 10.0. The van der Waals surface area contributed by atoms with Crippen LogP contribution in [0.2, 0.25) is 0 Å². The number of carbonyl (C=O) groups excluding carboxylic acids is 2. The van der Waals surface area contributed by atoms with Gasteiger partial charge in [0.05, 0.1) is 11.4 Å². The molecule has 0 saturated carbocycles. The van der Waals surface area contributed by atoms with Crippen molar-refractivity contribution in [2.24, 2.45) is 5.92 Å². The van der Waals surface area contributed by atoms with Crippen LogP contribution >= 0.6 is 0 Å². The Hall–Kier alpha value is -3.15. The number of aromatic amines is 1. The summed E-state index contributed by atoms with van der Waals surface area (Å²) in [7, 11) is 0. The molecule has 6 nitrogen and oxygen atoms in total. The lowest BCUT2D eigenvalue weighted by Crippen LogP contribution is -2.32. The Morgan fingerprint density at radius 1 is 1.33 bits per heavy atom. The molecule has 1 atom stereocenters. The number of hydrogen-bond donors (Lipinski definition) is 2. The molecule has 3 heterocycles. The Bertz CT molecular complexity index is 1090. The van der Waals surface area contributed by atoms with Crippen LogP contribution in [-0.2, 0) is 29.1 Å². The second-order valence-corrected chi connectivity index (χ2v) is 8.18. The van der Waals surface area contributed by atoms with Crippen molar-refractivity contribution in [1.82, 2.24) is 20.2 Å².